The molecule has 0 saturated carbocycles. The van der Waals surface area contributed by atoms with Gasteiger partial charge in [0.15, 0.2) is 5.79 Å². The summed E-state index contributed by atoms with van der Waals surface area (Å²) in [6, 6.07) is 19.7. The van der Waals surface area contributed by atoms with E-state index in [1.165, 1.54) is 18.2 Å². The summed E-state index contributed by atoms with van der Waals surface area (Å²) in [5.74, 6) is -0.786. The van der Waals surface area contributed by atoms with Crippen LogP contribution < -0.4 is 0 Å². The average molecular weight is 485 g/mol. The molecule has 9 heteroatoms. The van der Waals surface area contributed by atoms with E-state index in [1.807, 2.05) is 50.2 Å². The van der Waals surface area contributed by atoms with Crippen LogP contribution in [-0.2, 0) is 32.0 Å². The molecular formula is C26H36N4O5. The first-order chi connectivity index (χ1) is 17.0. The topological polar surface area (TPSA) is 109 Å². The minimum Gasteiger partial charge on any atom is -0.396 e. The molecule has 190 valence electrons. The van der Waals surface area contributed by atoms with Crippen molar-refractivity contribution in [3.63, 3.8) is 0 Å². The first kappa shape index (κ1) is 27.1. The van der Waals surface area contributed by atoms with Crippen molar-refractivity contribution in [3.8, 4) is 0 Å². The predicted octanol–water partition coefficient (Wildman–Crippen LogP) is 4.26. The maximum Gasteiger partial charge on any atom is 0.163 e. The third kappa shape index (κ3) is 8.30. The molecule has 0 unspecified atom stereocenters. The van der Waals surface area contributed by atoms with Gasteiger partial charge in [0.1, 0.15) is 6.79 Å². The summed E-state index contributed by atoms with van der Waals surface area (Å²) in [4.78, 5) is 5.24. The Bertz CT molecular complexity index is 882. The molecule has 0 aliphatic carbocycles. The number of benzene rings is 2. The number of methoxy groups -OCH3 is 1. The Hall–Kier alpha value is -2.49. The largest absolute Gasteiger partial charge is 0.396 e. The van der Waals surface area contributed by atoms with Crippen molar-refractivity contribution in [2.24, 2.45) is 5.11 Å². The summed E-state index contributed by atoms with van der Waals surface area (Å²) in [6.07, 6.45) is -0.506. The van der Waals surface area contributed by atoms with Crippen molar-refractivity contribution in [1.29, 1.82) is 0 Å². The zero-order valence-electron chi connectivity index (χ0n) is 20.7. The molecule has 1 heterocycles. The third-order valence-corrected chi connectivity index (χ3v) is 6.07. The van der Waals surface area contributed by atoms with Crippen molar-refractivity contribution >= 4 is 0 Å². The second-order valence-corrected chi connectivity index (χ2v) is 9.11. The smallest absolute Gasteiger partial charge is 0.163 e. The Morgan fingerprint density at radius 1 is 1.11 bits per heavy atom. The molecule has 1 aliphatic heterocycles. The molecule has 1 fully saturated rings. The van der Waals surface area contributed by atoms with Gasteiger partial charge in [-0.3, -0.25) is 4.90 Å². The highest BCUT2D eigenvalue weighted by Gasteiger charge is 2.41. The van der Waals surface area contributed by atoms with Crippen molar-refractivity contribution in [2.75, 3.05) is 27.1 Å². The van der Waals surface area contributed by atoms with Crippen LogP contribution in [0.3, 0.4) is 0 Å². The first-order valence-corrected chi connectivity index (χ1v) is 11.8. The molecule has 1 aliphatic rings. The number of aliphatic hydroxyl groups excluding tert-OH is 1. The summed E-state index contributed by atoms with van der Waals surface area (Å²) in [5.41, 5.74) is 11.4. The molecule has 2 aromatic carbocycles. The normalized spacial score (nSPS) is 21.3. The molecule has 4 atom stereocenters. The average Bonchev–Trinajstić information content (AvgIpc) is 2.86. The maximum absolute atomic E-state index is 9.86. The van der Waals surface area contributed by atoms with Crippen LogP contribution in [0, 0.1) is 0 Å². The van der Waals surface area contributed by atoms with E-state index in [9.17, 15) is 5.11 Å². The van der Waals surface area contributed by atoms with Gasteiger partial charge in [-0.25, -0.2) is 0 Å². The number of azide groups is 1. The van der Waals surface area contributed by atoms with Crippen LogP contribution in [0.15, 0.2) is 65.8 Å². The summed E-state index contributed by atoms with van der Waals surface area (Å²) in [6.45, 7) is 5.30. The van der Waals surface area contributed by atoms with Gasteiger partial charge < -0.3 is 24.1 Å². The Labute approximate surface area is 207 Å². The minimum atomic E-state index is -0.786. The van der Waals surface area contributed by atoms with E-state index in [-0.39, 0.29) is 25.5 Å². The van der Waals surface area contributed by atoms with Crippen molar-refractivity contribution in [3.05, 3.63) is 82.2 Å². The second-order valence-electron chi connectivity index (χ2n) is 9.11. The highest BCUT2D eigenvalue weighted by atomic mass is 16.7. The van der Waals surface area contributed by atoms with Gasteiger partial charge in [0.25, 0.3) is 0 Å². The molecule has 0 spiro atoms. The Kier molecular flexibility index (Phi) is 10.5. The zero-order valence-corrected chi connectivity index (χ0v) is 20.7. The first-order valence-electron chi connectivity index (χ1n) is 11.8. The standard InChI is InChI=1S/C26H36N4O5/c1-26(2)34-18-23(25(35-26)14-24(33-19-32-3)22(17-31)28-29-27)30(15-20-10-6-4-7-11-20)16-21-12-8-5-9-13-21/h4-13,22-25,31H,14-19H2,1-3H3/t22-,23-,24+,25+/m0/s1. The summed E-state index contributed by atoms with van der Waals surface area (Å²) < 4.78 is 23.5. The summed E-state index contributed by atoms with van der Waals surface area (Å²) in [5, 5.41) is 13.6. The molecule has 9 nitrogen and oxygen atoms in total. The van der Waals surface area contributed by atoms with Crippen LogP contribution in [0.25, 0.3) is 10.4 Å². The lowest BCUT2D eigenvalue weighted by Crippen LogP contribution is -2.57. The number of rotatable bonds is 13. The third-order valence-electron chi connectivity index (χ3n) is 6.07. The van der Waals surface area contributed by atoms with Gasteiger partial charge in [0.05, 0.1) is 37.5 Å². The van der Waals surface area contributed by atoms with Crippen molar-refractivity contribution < 1.29 is 24.1 Å². The van der Waals surface area contributed by atoms with E-state index in [0.717, 1.165) is 0 Å². The maximum atomic E-state index is 9.86. The molecule has 0 radical (unpaired) electrons. The van der Waals surface area contributed by atoms with Crippen molar-refractivity contribution in [1.82, 2.24) is 4.90 Å². The van der Waals surface area contributed by atoms with Gasteiger partial charge in [0, 0.05) is 31.5 Å². The van der Waals surface area contributed by atoms with E-state index in [4.69, 9.17) is 24.5 Å². The summed E-state index contributed by atoms with van der Waals surface area (Å²) in [7, 11) is 1.52. The monoisotopic (exact) mass is 484 g/mol. The molecular weight excluding hydrogens is 448 g/mol. The van der Waals surface area contributed by atoms with Gasteiger partial charge in [-0.2, -0.15) is 0 Å². The summed E-state index contributed by atoms with van der Waals surface area (Å²) >= 11 is 0. The number of aliphatic hydroxyl groups is 1. The van der Waals surface area contributed by atoms with Crippen molar-refractivity contribution in [2.45, 2.75) is 63.4 Å². The molecule has 1 N–H and O–H groups in total. The highest BCUT2D eigenvalue weighted by Crippen LogP contribution is 2.31. The van der Waals surface area contributed by atoms with E-state index in [0.29, 0.717) is 26.1 Å². The Balaban J connectivity index is 1.90. The van der Waals surface area contributed by atoms with E-state index < -0.39 is 17.9 Å². The Morgan fingerprint density at radius 2 is 1.71 bits per heavy atom. The quantitative estimate of drug-likeness (QED) is 0.197. The van der Waals surface area contributed by atoms with E-state index in [2.05, 4.69) is 39.2 Å². The lowest BCUT2D eigenvalue weighted by atomic mass is 9.96. The van der Waals surface area contributed by atoms with Gasteiger partial charge in [-0.05, 0) is 30.5 Å². The molecule has 1 saturated heterocycles. The van der Waals surface area contributed by atoms with Crippen LogP contribution in [0.1, 0.15) is 31.4 Å². The fourth-order valence-electron chi connectivity index (χ4n) is 4.36. The Morgan fingerprint density at radius 3 is 2.23 bits per heavy atom. The van der Waals surface area contributed by atoms with Crippen LogP contribution >= 0.6 is 0 Å². The minimum absolute atomic E-state index is 0.0111. The molecule has 2 aromatic rings. The fraction of sp³-hybridized carbons (Fsp3) is 0.538. The van der Waals surface area contributed by atoms with Gasteiger partial charge >= 0.3 is 0 Å². The fourth-order valence-corrected chi connectivity index (χ4v) is 4.36. The lowest BCUT2D eigenvalue weighted by molar-refractivity contribution is -0.300. The van der Waals surface area contributed by atoms with Crippen LogP contribution in [0.2, 0.25) is 0 Å². The lowest BCUT2D eigenvalue weighted by Gasteiger charge is -2.46. The molecule has 35 heavy (non-hydrogen) atoms. The molecule has 0 amide bonds. The van der Waals surface area contributed by atoms with Crippen LogP contribution in [0.5, 0.6) is 0 Å². The predicted molar refractivity (Wildman–Crippen MR) is 132 cm³/mol. The number of ether oxygens (including phenoxy) is 4. The van der Waals surface area contributed by atoms with Gasteiger partial charge in [-0.15, -0.1) is 0 Å². The number of hydrogen-bond donors (Lipinski definition) is 1. The SMILES string of the molecule is COCO[C@H](C[C@H]1OC(C)(C)OC[C@@H]1N(Cc1ccccc1)Cc1ccccc1)[C@H](CO)N=[N+]=[N-]. The highest BCUT2D eigenvalue weighted by molar-refractivity contribution is 5.17. The van der Waals surface area contributed by atoms with Gasteiger partial charge in [0.2, 0.25) is 0 Å². The number of hydrogen-bond acceptors (Lipinski definition) is 7. The van der Waals surface area contributed by atoms with Crippen LogP contribution in [-0.4, -0.2) is 67.2 Å². The van der Waals surface area contributed by atoms with E-state index >= 15 is 0 Å². The van der Waals surface area contributed by atoms with E-state index in [1.54, 1.807) is 0 Å². The van der Waals surface area contributed by atoms with Crippen LogP contribution in [0.4, 0.5) is 0 Å². The molecule has 0 aromatic heterocycles. The second kappa shape index (κ2) is 13.6. The zero-order chi connectivity index (χ0) is 25.1. The molecule has 0 bridgehead atoms. The van der Waals surface area contributed by atoms with Gasteiger partial charge in [-0.1, -0.05) is 65.8 Å². The molecule has 3 rings (SSSR count). The number of nitrogens with zero attached hydrogens (tertiary/aromatic N) is 4.